The number of rotatable bonds is 4. The van der Waals surface area contributed by atoms with E-state index in [1.807, 2.05) is 6.92 Å². The first-order valence-corrected chi connectivity index (χ1v) is 9.39. The van der Waals surface area contributed by atoms with E-state index >= 15 is 0 Å². The highest BCUT2D eigenvalue weighted by Crippen LogP contribution is 2.26. The van der Waals surface area contributed by atoms with Gasteiger partial charge < -0.3 is 9.73 Å². The average Bonchev–Trinajstić information content (AvgIpc) is 3.10. The zero-order valence-corrected chi connectivity index (χ0v) is 14.3. The third-order valence-electron chi connectivity index (χ3n) is 4.21. The smallest absolute Gasteiger partial charge is 0.291 e. The Hall–Kier alpha value is -2.12. The summed E-state index contributed by atoms with van der Waals surface area (Å²) < 4.78 is 32.1. The Bertz CT molecular complexity index is 798. The van der Waals surface area contributed by atoms with Crippen LogP contribution < -0.4 is 5.32 Å². The third-order valence-corrected chi connectivity index (χ3v) is 6.23. The molecule has 1 saturated heterocycles. The minimum absolute atomic E-state index is 0.0158. The predicted octanol–water partition coefficient (Wildman–Crippen LogP) is 3.10. The van der Waals surface area contributed by atoms with Crippen molar-refractivity contribution in [2.75, 3.05) is 11.9 Å². The van der Waals surface area contributed by atoms with E-state index in [4.69, 9.17) is 4.42 Å². The van der Waals surface area contributed by atoms with E-state index in [2.05, 4.69) is 5.32 Å². The van der Waals surface area contributed by atoms with Crippen LogP contribution in [0.2, 0.25) is 0 Å². The molecule has 1 aromatic carbocycles. The van der Waals surface area contributed by atoms with Gasteiger partial charge in [-0.3, -0.25) is 4.79 Å². The van der Waals surface area contributed by atoms with Gasteiger partial charge in [0.1, 0.15) is 0 Å². The molecule has 128 valence electrons. The maximum absolute atomic E-state index is 12.7. The Morgan fingerprint density at radius 1 is 1.21 bits per heavy atom. The standard InChI is InChI=1S/C17H20N2O4S/c1-13-5-2-3-11-19(13)24(21,22)15-9-7-14(8-10-15)18-17(20)16-6-4-12-23-16/h4,6-10,12-13H,2-3,5,11H2,1H3,(H,18,20)/t13-/m1/s1. The number of benzene rings is 1. The lowest BCUT2D eigenvalue weighted by Crippen LogP contribution is -2.41. The van der Waals surface area contributed by atoms with Crippen molar-refractivity contribution in [3.8, 4) is 0 Å². The van der Waals surface area contributed by atoms with Gasteiger partial charge in [0, 0.05) is 18.3 Å². The van der Waals surface area contributed by atoms with Crippen LogP contribution >= 0.6 is 0 Å². The molecule has 1 N–H and O–H groups in total. The van der Waals surface area contributed by atoms with E-state index in [1.165, 1.54) is 18.4 Å². The monoisotopic (exact) mass is 348 g/mol. The maximum Gasteiger partial charge on any atom is 0.291 e. The van der Waals surface area contributed by atoms with Gasteiger partial charge in [-0.05, 0) is 56.2 Å². The number of sulfonamides is 1. The van der Waals surface area contributed by atoms with Crippen LogP contribution in [-0.2, 0) is 10.0 Å². The van der Waals surface area contributed by atoms with Gasteiger partial charge >= 0.3 is 0 Å². The summed E-state index contributed by atoms with van der Waals surface area (Å²) in [5, 5.41) is 2.67. The lowest BCUT2D eigenvalue weighted by atomic mass is 10.1. The van der Waals surface area contributed by atoms with Crippen molar-refractivity contribution in [2.24, 2.45) is 0 Å². The van der Waals surface area contributed by atoms with Gasteiger partial charge in [0.25, 0.3) is 5.91 Å². The predicted molar refractivity (Wildman–Crippen MR) is 90.3 cm³/mol. The van der Waals surface area contributed by atoms with Gasteiger partial charge in [-0.25, -0.2) is 8.42 Å². The van der Waals surface area contributed by atoms with E-state index in [-0.39, 0.29) is 22.6 Å². The van der Waals surface area contributed by atoms with Crippen LogP contribution in [0.4, 0.5) is 5.69 Å². The molecule has 1 atom stereocenters. The van der Waals surface area contributed by atoms with Gasteiger partial charge in [-0.1, -0.05) is 6.42 Å². The highest BCUT2D eigenvalue weighted by molar-refractivity contribution is 7.89. The van der Waals surface area contributed by atoms with Crippen LogP contribution in [0.15, 0.2) is 52.0 Å². The average molecular weight is 348 g/mol. The molecule has 24 heavy (non-hydrogen) atoms. The Morgan fingerprint density at radius 2 is 1.96 bits per heavy atom. The molecule has 0 saturated carbocycles. The Morgan fingerprint density at radius 3 is 2.58 bits per heavy atom. The van der Waals surface area contributed by atoms with Crippen molar-refractivity contribution in [1.29, 1.82) is 0 Å². The maximum atomic E-state index is 12.7. The first-order chi connectivity index (χ1) is 11.5. The van der Waals surface area contributed by atoms with Crippen molar-refractivity contribution in [1.82, 2.24) is 4.31 Å². The fraction of sp³-hybridized carbons (Fsp3) is 0.353. The number of furan rings is 1. The Kier molecular flexibility index (Phi) is 4.73. The first kappa shape index (κ1) is 16.7. The van der Waals surface area contributed by atoms with Crippen LogP contribution in [0.5, 0.6) is 0 Å². The lowest BCUT2D eigenvalue weighted by molar-refractivity contribution is 0.0996. The molecule has 1 fully saturated rings. The number of hydrogen-bond acceptors (Lipinski definition) is 4. The summed E-state index contributed by atoms with van der Waals surface area (Å²) in [6, 6.07) is 9.42. The zero-order chi connectivity index (χ0) is 17.2. The molecule has 2 heterocycles. The van der Waals surface area contributed by atoms with E-state index < -0.39 is 10.0 Å². The number of piperidine rings is 1. The van der Waals surface area contributed by atoms with Crippen LogP contribution in [0.3, 0.4) is 0 Å². The Labute approximate surface area is 141 Å². The van der Waals surface area contributed by atoms with E-state index in [0.29, 0.717) is 12.2 Å². The number of nitrogens with zero attached hydrogens (tertiary/aromatic N) is 1. The molecule has 0 spiro atoms. The second-order valence-electron chi connectivity index (χ2n) is 5.92. The molecule has 0 bridgehead atoms. The summed E-state index contributed by atoms with van der Waals surface area (Å²) >= 11 is 0. The van der Waals surface area contributed by atoms with Crippen molar-refractivity contribution < 1.29 is 17.6 Å². The van der Waals surface area contributed by atoms with Crippen LogP contribution in [0, 0.1) is 0 Å². The van der Waals surface area contributed by atoms with Gasteiger partial charge in [0.15, 0.2) is 5.76 Å². The molecule has 0 aliphatic carbocycles. The first-order valence-electron chi connectivity index (χ1n) is 7.95. The lowest BCUT2D eigenvalue weighted by Gasteiger charge is -2.32. The van der Waals surface area contributed by atoms with Crippen molar-refractivity contribution in [2.45, 2.75) is 37.1 Å². The molecule has 2 aromatic rings. The van der Waals surface area contributed by atoms with Crippen molar-refractivity contribution in [3.63, 3.8) is 0 Å². The minimum atomic E-state index is -3.50. The molecule has 1 aliphatic heterocycles. The molecule has 1 aliphatic rings. The largest absolute Gasteiger partial charge is 0.459 e. The summed E-state index contributed by atoms with van der Waals surface area (Å²) in [7, 11) is -3.50. The summed E-state index contributed by atoms with van der Waals surface area (Å²) in [6.45, 7) is 2.50. The van der Waals surface area contributed by atoms with Crippen LogP contribution in [-0.4, -0.2) is 31.2 Å². The van der Waals surface area contributed by atoms with Gasteiger partial charge in [0.2, 0.25) is 10.0 Å². The third kappa shape index (κ3) is 3.37. The number of nitrogens with one attached hydrogen (secondary N) is 1. The van der Waals surface area contributed by atoms with Gasteiger partial charge in [-0.15, -0.1) is 0 Å². The Balaban J connectivity index is 1.75. The molecule has 1 amide bonds. The second-order valence-corrected chi connectivity index (χ2v) is 7.81. The number of carbonyl (C=O) groups is 1. The number of anilines is 1. The molecule has 7 heteroatoms. The number of carbonyl (C=O) groups excluding carboxylic acids is 1. The van der Waals surface area contributed by atoms with Crippen molar-refractivity contribution >= 4 is 21.6 Å². The fourth-order valence-electron chi connectivity index (χ4n) is 2.87. The molecule has 6 nitrogen and oxygen atoms in total. The topological polar surface area (TPSA) is 79.6 Å². The fourth-order valence-corrected chi connectivity index (χ4v) is 4.57. The minimum Gasteiger partial charge on any atom is -0.459 e. The van der Waals surface area contributed by atoms with Gasteiger partial charge in [-0.2, -0.15) is 4.31 Å². The SMILES string of the molecule is C[C@@H]1CCCCN1S(=O)(=O)c1ccc(NC(=O)c2ccco2)cc1. The molecular formula is C17H20N2O4S. The zero-order valence-electron chi connectivity index (χ0n) is 13.4. The van der Waals surface area contributed by atoms with Crippen LogP contribution in [0.1, 0.15) is 36.7 Å². The van der Waals surface area contributed by atoms with Gasteiger partial charge in [0.05, 0.1) is 11.2 Å². The van der Waals surface area contributed by atoms with E-state index in [0.717, 1.165) is 19.3 Å². The van der Waals surface area contributed by atoms with E-state index in [9.17, 15) is 13.2 Å². The van der Waals surface area contributed by atoms with Crippen molar-refractivity contribution in [3.05, 3.63) is 48.4 Å². The molecule has 3 rings (SSSR count). The molecule has 0 radical (unpaired) electrons. The quantitative estimate of drug-likeness (QED) is 0.921. The highest BCUT2D eigenvalue weighted by Gasteiger charge is 2.30. The summed E-state index contributed by atoms with van der Waals surface area (Å²) in [6.07, 6.45) is 4.26. The molecule has 1 aromatic heterocycles. The highest BCUT2D eigenvalue weighted by atomic mass is 32.2. The van der Waals surface area contributed by atoms with Crippen LogP contribution in [0.25, 0.3) is 0 Å². The second kappa shape index (κ2) is 6.78. The van der Waals surface area contributed by atoms with E-state index in [1.54, 1.807) is 28.6 Å². The number of amides is 1. The summed E-state index contributed by atoms with van der Waals surface area (Å²) in [5.41, 5.74) is 0.516. The number of hydrogen-bond donors (Lipinski definition) is 1. The molecule has 0 unspecified atom stereocenters. The molecular weight excluding hydrogens is 328 g/mol. The normalized spacial score (nSPS) is 19.1. The summed E-state index contributed by atoms with van der Waals surface area (Å²) in [5.74, 6) is -0.172. The summed E-state index contributed by atoms with van der Waals surface area (Å²) in [4.78, 5) is 12.2.